The van der Waals surface area contributed by atoms with Crippen LogP contribution in [0.5, 0.6) is 0 Å². The third-order valence-corrected chi connectivity index (χ3v) is 2.57. The van der Waals surface area contributed by atoms with E-state index in [0.29, 0.717) is 5.56 Å². The van der Waals surface area contributed by atoms with Gasteiger partial charge in [0, 0.05) is 25.2 Å². The third kappa shape index (κ3) is 2.14. The molecule has 0 saturated heterocycles. The maximum atomic E-state index is 13.7. The topological polar surface area (TPSA) is 60.9 Å². The second-order valence-electron chi connectivity index (χ2n) is 3.81. The Morgan fingerprint density at radius 2 is 2.06 bits per heavy atom. The SMILES string of the molecule is Cn1nc(-c2cc(F)ccc2F)c(CN)cc1=O. The molecule has 4 nitrogen and oxygen atoms in total. The average molecular weight is 251 g/mol. The van der Waals surface area contributed by atoms with Gasteiger partial charge in [-0.1, -0.05) is 0 Å². The molecular formula is C12H11F2N3O. The monoisotopic (exact) mass is 251 g/mol. The number of hydrogen-bond donors (Lipinski definition) is 1. The van der Waals surface area contributed by atoms with E-state index in [9.17, 15) is 13.6 Å². The van der Waals surface area contributed by atoms with Crippen molar-refractivity contribution >= 4 is 0 Å². The summed E-state index contributed by atoms with van der Waals surface area (Å²) in [5.41, 5.74) is 5.69. The summed E-state index contributed by atoms with van der Waals surface area (Å²) in [5, 5.41) is 3.93. The number of halogens is 2. The Morgan fingerprint density at radius 1 is 1.33 bits per heavy atom. The molecule has 1 aromatic heterocycles. The summed E-state index contributed by atoms with van der Waals surface area (Å²) in [6, 6.07) is 4.33. The van der Waals surface area contributed by atoms with Gasteiger partial charge in [0.15, 0.2) is 0 Å². The van der Waals surface area contributed by atoms with Gasteiger partial charge in [-0.05, 0) is 23.8 Å². The van der Waals surface area contributed by atoms with E-state index in [0.717, 1.165) is 22.9 Å². The van der Waals surface area contributed by atoms with E-state index in [1.165, 1.54) is 13.1 Å². The lowest BCUT2D eigenvalue weighted by atomic mass is 10.1. The maximum Gasteiger partial charge on any atom is 0.266 e. The van der Waals surface area contributed by atoms with E-state index in [1.54, 1.807) is 0 Å². The van der Waals surface area contributed by atoms with E-state index in [4.69, 9.17) is 5.73 Å². The lowest BCUT2D eigenvalue weighted by Crippen LogP contribution is -2.21. The number of nitrogens with two attached hydrogens (primary N) is 1. The summed E-state index contributed by atoms with van der Waals surface area (Å²) >= 11 is 0. The molecule has 18 heavy (non-hydrogen) atoms. The largest absolute Gasteiger partial charge is 0.326 e. The molecule has 2 N–H and O–H groups in total. The van der Waals surface area contributed by atoms with Gasteiger partial charge in [-0.3, -0.25) is 4.79 Å². The molecule has 0 amide bonds. The zero-order chi connectivity index (χ0) is 13.3. The van der Waals surface area contributed by atoms with Gasteiger partial charge < -0.3 is 5.73 Å². The van der Waals surface area contributed by atoms with Crippen molar-refractivity contribution in [2.75, 3.05) is 0 Å². The Hall–Kier alpha value is -2.08. The van der Waals surface area contributed by atoms with Crippen LogP contribution in [-0.2, 0) is 13.6 Å². The molecule has 0 aliphatic carbocycles. The highest BCUT2D eigenvalue weighted by Crippen LogP contribution is 2.23. The lowest BCUT2D eigenvalue weighted by Gasteiger charge is -2.09. The van der Waals surface area contributed by atoms with Crippen molar-refractivity contribution in [2.24, 2.45) is 12.8 Å². The van der Waals surface area contributed by atoms with Crippen molar-refractivity contribution in [3.63, 3.8) is 0 Å². The van der Waals surface area contributed by atoms with Crippen molar-refractivity contribution in [3.8, 4) is 11.3 Å². The summed E-state index contributed by atoms with van der Waals surface area (Å²) in [5.74, 6) is -1.19. The van der Waals surface area contributed by atoms with Crippen molar-refractivity contribution < 1.29 is 8.78 Å². The Morgan fingerprint density at radius 3 is 2.72 bits per heavy atom. The van der Waals surface area contributed by atoms with Crippen molar-refractivity contribution in [1.82, 2.24) is 9.78 Å². The number of aryl methyl sites for hydroxylation is 1. The molecule has 2 rings (SSSR count). The molecule has 1 aromatic carbocycles. The average Bonchev–Trinajstić information content (AvgIpc) is 2.35. The van der Waals surface area contributed by atoms with Gasteiger partial charge in [-0.15, -0.1) is 0 Å². The van der Waals surface area contributed by atoms with Crippen molar-refractivity contribution in [1.29, 1.82) is 0 Å². The first-order valence-electron chi connectivity index (χ1n) is 5.25. The lowest BCUT2D eigenvalue weighted by molar-refractivity contribution is 0.600. The molecule has 0 unspecified atom stereocenters. The Balaban J connectivity index is 2.73. The zero-order valence-electron chi connectivity index (χ0n) is 9.65. The first-order chi connectivity index (χ1) is 8.52. The van der Waals surface area contributed by atoms with Crippen LogP contribution < -0.4 is 11.3 Å². The summed E-state index contributed by atoms with van der Waals surface area (Å²) in [7, 11) is 1.43. The minimum absolute atomic E-state index is 0.00829. The van der Waals surface area contributed by atoms with Gasteiger partial charge in [0.05, 0.1) is 5.69 Å². The van der Waals surface area contributed by atoms with E-state index in [2.05, 4.69) is 5.10 Å². The van der Waals surface area contributed by atoms with Crippen LogP contribution in [0.15, 0.2) is 29.1 Å². The number of nitrogens with zero attached hydrogens (tertiary/aromatic N) is 2. The van der Waals surface area contributed by atoms with Crippen LogP contribution in [0.1, 0.15) is 5.56 Å². The van der Waals surface area contributed by atoms with E-state index in [-0.39, 0.29) is 23.4 Å². The molecule has 0 atom stereocenters. The number of rotatable bonds is 2. The van der Waals surface area contributed by atoms with E-state index < -0.39 is 11.6 Å². The van der Waals surface area contributed by atoms with Gasteiger partial charge in [-0.2, -0.15) is 5.10 Å². The van der Waals surface area contributed by atoms with Gasteiger partial charge in [-0.25, -0.2) is 13.5 Å². The second-order valence-corrected chi connectivity index (χ2v) is 3.81. The Bertz CT molecular complexity index is 652. The fourth-order valence-electron chi connectivity index (χ4n) is 1.64. The van der Waals surface area contributed by atoms with Gasteiger partial charge in [0.25, 0.3) is 5.56 Å². The first-order valence-corrected chi connectivity index (χ1v) is 5.25. The number of hydrogen-bond acceptors (Lipinski definition) is 3. The molecule has 0 aliphatic rings. The predicted octanol–water partition coefficient (Wildman–Crippen LogP) is 1.18. The second kappa shape index (κ2) is 4.66. The van der Waals surface area contributed by atoms with Crippen LogP contribution in [0, 0.1) is 11.6 Å². The molecular weight excluding hydrogens is 240 g/mol. The van der Waals surface area contributed by atoms with Crippen LogP contribution in [0.25, 0.3) is 11.3 Å². The fourth-order valence-corrected chi connectivity index (χ4v) is 1.64. The molecule has 0 aliphatic heterocycles. The molecule has 94 valence electrons. The van der Waals surface area contributed by atoms with Crippen LogP contribution in [0.3, 0.4) is 0 Å². The highest BCUT2D eigenvalue weighted by molar-refractivity contribution is 5.63. The maximum absolute atomic E-state index is 13.7. The van der Waals surface area contributed by atoms with E-state index >= 15 is 0 Å². The molecule has 0 saturated carbocycles. The number of aromatic nitrogens is 2. The van der Waals surface area contributed by atoms with Crippen LogP contribution in [-0.4, -0.2) is 9.78 Å². The van der Waals surface area contributed by atoms with Gasteiger partial charge in [0.1, 0.15) is 11.6 Å². The Labute approximate surface area is 102 Å². The van der Waals surface area contributed by atoms with Crippen molar-refractivity contribution in [2.45, 2.75) is 6.54 Å². The van der Waals surface area contributed by atoms with Gasteiger partial charge >= 0.3 is 0 Å². The normalized spacial score (nSPS) is 10.7. The summed E-state index contributed by atoms with van der Waals surface area (Å²) < 4.78 is 27.9. The molecule has 6 heteroatoms. The molecule has 0 fully saturated rings. The first kappa shape index (κ1) is 12.4. The molecule has 0 bridgehead atoms. The molecule has 0 radical (unpaired) electrons. The quantitative estimate of drug-likeness (QED) is 0.872. The summed E-state index contributed by atoms with van der Waals surface area (Å²) in [6.45, 7) is 0.0222. The van der Waals surface area contributed by atoms with Crippen LogP contribution in [0.2, 0.25) is 0 Å². The van der Waals surface area contributed by atoms with Gasteiger partial charge in [0.2, 0.25) is 0 Å². The molecule has 1 heterocycles. The zero-order valence-corrected chi connectivity index (χ0v) is 9.65. The highest BCUT2D eigenvalue weighted by atomic mass is 19.1. The highest BCUT2D eigenvalue weighted by Gasteiger charge is 2.13. The minimum atomic E-state index is -0.614. The fraction of sp³-hybridized carbons (Fsp3) is 0.167. The summed E-state index contributed by atoms with van der Waals surface area (Å²) in [6.07, 6.45) is 0. The van der Waals surface area contributed by atoms with Crippen LogP contribution >= 0.6 is 0 Å². The van der Waals surface area contributed by atoms with Crippen LogP contribution in [0.4, 0.5) is 8.78 Å². The van der Waals surface area contributed by atoms with Crippen molar-refractivity contribution in [3.05, 3.63) is 51.8 Å². The molecule has 0 spiro atoms. The smallest absolute Gasteiger partial charge is 0.266 e. The van der Waals surface area contributed by atoms with E-state index in [1.807, 2.05) is 0 Å². The molecule has 2 aromatic rings. The third-order valence-electron chi connectivity index (χ3n) is 2.57. The summed E-state index contributed by atoms with van der Waals surface area (Å²) in [4.78, 5) is 11.4. The Kier molecular flexibility index (Phi) is 3.20. The predicted molar refractivity (Wildman–Crippen MR) is 62.7 cm³/mol. The number of benzene rings is 1. The standard InChI is InChI=1S/C12H11F2N3O/c1-17-11(18)4-7(6-15)12(16-17)9-5-8(13)2-3-10(9)14/h2-5H,6,15H2,1H3. The minimum Gasteiger partial charge on any atom is -0.326 e.